The summed E-state index contributed by atoms with van der Waals surface area (Å²) >= 11 is 11.4. The molecular weight excluding hydrogens is 472 g/mol. The largest absolute Gasteiger partial charge is 0.384 e. The maximum absolute atomic E-state index is 13.4. The average molecular weight is 490 g/mol. The lowest BCUT2D eigenvalue weighted by Gasteiger charge is -2.43. The third kappa shape index (κ3) is 3.39. The van der Waals surface area contributed by atoms with Crippen molar-refractivity contribution in [3.8, 4) is 6.07 Å². The van der Waals surface area contributed by atoms with E-state index in [-0.39, 0.29) is 16.4 Å². The number of rotatable bonds is 2. The third-order valence-electron chi connectivity index (χ3n) is 5.24. The standard InChI is InChI=1S/C21H18BrClN4OS/c1-21(2)8-13-18(14(28)9-21)17(15-5-6-16(22)29-15)11(10-24)20(25)27(13)12-4-3-7-26-19(12)23/h3-7,17H,8-9,25H2,1-2H3. The summed E-state index contributed by atoms with van der Waals surface area (Å²) in [6.45, 7) is 4.13. The molecule has 0 bridgehead atoms. The van der Waals surface area contributed by atoms with Crippen molar-refractivity contribution in [3.63, 3.8) is 0 Å². The predicted octanol–water partition coefficient (Wildman–Crippen LogP) is 5.50. The molecule has 29 heavy (non-hydrogen) atoms. The Morgan fingerprint density at radius 3 is 2.76 bits per heavy atom. The molecule has 3 heterocycles. The van der Waals surface area contributed by atoms with Crippen molar-refractivity contribution in [3.05, 3.63) is 66.9 Å². The number of halogens is 2. The number of ketones is 1. The monoisotopic (exact) mass is 488 g/mol. The summed E-state index contributed by atoms with van der Waals surface area (Å²) in [6.07, 6.45) is 2.65. The third-order valence-corrected chi connectivity index (χ3v) is 7.22. The average Bonchev–Trinajstić information content (AvgIpc) is 3.07. The number of nitriles is 1. The van der Waals surface area contributed by atoms with Crippen molar-refractivity contribution >= 4 is 50.3 Å². The quantitative estimate of drug-likeness (QED) is 0.563. The number of thiophene rings is 1. The fraction of sp³-hybridized carbons (Fsp3) is 0.286. The molecule has 5 nitrogen and oxygen atoms in total. The second kappa shape index (κ2) is 7.28. The summed E-state index contributed by atoms with van der Waals surface area (Å²) in [5.41, 5.74) is 8.68. The van der Waals surface area contributed by atoms with Crippen LogP contribution in [0.2, 0.25) is 5.15 Å². The van der Waals surface area contributed by atoms with Gasteiger partial charge in [-0.1, -0.05) is 25.4 Å². The molecule has 0 amide bonds. The normalized spacial score (nSPS) is 21.3. The Morgan fingerprint density at radius 2 is 2.14 bits per heavy atom. The molecular formula is C21H18BrClN4OS. The predicted molar refractivity (Wildman–Crippen MR) is 118 cm³/mol. The highest BCUT2D eigenvalue weighted by Crippen LogP contribution is 2.51. The number of hydrogen-bond donors (Lipinski definition) is 1. The first-order valence-electron chi connectivity index (χ1n) is 9.05. The number of nitrogens with two attached hydrogens (primary N) is 1. The Balaban J connectivity index is 2.02. The molecule has 2 N–H and O–H groups in total. The van der Waals surface area contributed by atoms with Gasteiger partial charge in [0.25, 0.3) is 0 Å². The maximum atomic E-state index is 13.4. The summed E-state index contributed by atoms with van der Waals surface area (Å²) < 4.78 is 0.937. The molecule has 0 aromatic carbocycles. The van der Waals surface area contributed by atoms with Gasteiger partial charge in [0.2, 0.25) is 0 Å². The first kappa shape index (κ1) is 20.1. The second-order valence-corrected chi connectivity index (χ2v) is 10.8. The van der Waals surface area contributed by atoms with Gasteiger partial charge in [0.05, 0.1) is 27.0 Å². The Bertz CT molecular complexity index is 1130. The molecule has 1 unspecified atom stereocenters. The lowest BCUT2D eigenvalue weighted by molar-refractivity contribution is -0.118. The summed E-state index contributed by atoms with van der Waals surface area (Å²) in [7, 11) is 0. The lowest BCUT2D eigenvalue weighted by Crippen LogP contribution is -2.42. The number of hydrogen-bond acceptors (Lipinski definition) is 6. The molecule has 1 aliphatic heterocycles. The molecule has 8 heteroatoms. The van der Waals surface area contributed by atoms with Gasteiger partial charge in [-0.25, -0.2) is 4.98 Å². The lowest BCUT2D eigenvalue weighted by atomic mass is 9.69. The number of aromatic nitrogens is 1. The van der Waals surface area contributed by atoms with Crippen LogP contribution in [0.5, 0.6) is 0 Å². The molecule has 0 saturated carbocycles. The molecule has 0 radical (unpaired) electrons. The Labute approximate surface area is 186 Å². The van der Waals surface area contributed by atoms with Crippen LogP contribution < -0.4 is 10.6 Å². The Kier molecular flexibility index (Phi) is 5.06. The molecule has 1 aliphatic carbocycles. The minimum atomic E-state index is -0.471. The molecule has 148 valence electrons. The number of pyridine rings is 1. The van der Waals surface area contributed by atoms with Crippen molar-refractivity contribution in [2.45, 2.75) is 32.6 Å². The highest BCUT2D eigenvalue weighted by Gasteiger charge is 2.45. The van der Waals surface area contributed by atoms with E-state index in [2.05, 4.69) is 40.8 Å². The van der Waals surface area contributed by atoms with E-state index < -0.39 is 5.92 Å². The van der Waals surface area contributed by atoms with E-state index in [0.717, 1.165) is 14.4 Å². The van der Waals surface area contributed by atoms with Crippen LogP contribution in [0, 0.1) is 16.7 Å². The zero-order chi connectivity index (χ0) is 20.9. The number of carbonyl (C=O) groups is 1. The maximum Gasteiger partial charge on any atom is 0.162 e. The molecule has 2 aliphatic rings. The van der Waals surface area contributed by atoms with E-state index in [0.29, 0.717) is 35.5 Å². The van der Waals surface area contributed by atoms with Gasteiger partial charge in [-0.15, -0.1) is 11.3 Å². The van der Waals surface area contributed by atoms with Crippen molar-refractivity contribution in [2.24, 2.45) is 11.1 Å². The number of anilines is 1. The highest BCUT2D eigenvalue weighted by atomic mass is 79.9. The molecule has 0 spiro atoms. The zero-order valence-electron chi connectivity index (χ0n) is 15.9. The first-order chi connectivity index (χ1) is 13.7. The summed E-state index contributed by atoms with van der Waals surface area (Å²) in [6, 6.07) is 9.69. The Hall–Kier alpha value is -2.14. The van der Waals surface area contributed by atoms with E-state index in [9.17, 15) is 10.1 Å². The molecule has 1 atom stereocenters. The van der Waals surface area contributed by atoms with Crippen LogP contribution in [0.15, 0.2) is 56.9 Å². The SMILES string of the molecule is CC1(C)CC(=O)C2=C(C1)N(c1cccnc1Cl)C(N)=C(C#N)C2c1ccc(Br)s1. The topological polar surface area (TPSA) is 83.0 Å². The van der Waals surface area contributed by atoms with Crippen LogP contribution in [-0.2, 0) is 4.79 Å². The molecule has 0 fully saturated rings. The van der Waals surface area contributed by atoms with E-state index >= 15 is 0 Å². The van der Waals surface area contributed by atoms with Crippen LogP contribution in [0.25, 0.3) is 0 Å². The van der Waals surface area contributed by atoms with E-state index in [1.807, 2.05) is 12.1 Å². The molecule has 0 saturated heterocycles. The van der Waals surface area contributed by atoms with Crippen LogP contribution in [-0.4, -0.2) is 10.8 Å². The fourth-order valence-electron chi connectivity index (χ4n) is 4.10. The van der Waals surface area contributed by atoms with E-state index in [1.54, 1.807) is 23.2 Å². The van der Waals surface area contributed by atoms with Gasteiger partial charge in [-0.3, -0.25) is 9.69 Å². The van der Waals surface area contributed by atoms with Gasteiger partial charge in [0.15, 0.2) is 10.9 Å². The molecule has 2 aromatic heterocycles. The Morgan fingerprint density at radius 1 is 1.38 bits per heavy atom. The van der Waals surface area contributed by atoms with Crippen LogP contribution in [0.1, 0.15) is 37.5 Å². The van der Waals surface area contributed by atoms with Crippen LogP contribution in [0.4, 0.5) is 5.69 Å². The molecule has 4 rings (SSSR count). The van der Waals surface area contributed by atoms with E-state index in [4.69, 9.17) is 17.3 Å². The zero-order valence-corrected chi connectivity index (χ0v) is 19.0. The highest BCUT2D eigenvalue weighted by molar-refractivity contribution is 9.11. The van der Waals surface area contributed by atoms with Crippen LogP contribution in [0.3, 0.4) is 0 Å². The number of nitrogens with zero attached hydrogens (tertiary/aromatic N) is 3. The molecule has 2 aromatic rings. The minimum Gasteiger partial charge on any atom is -0.384 e. The van der Waals surface area contributed by atoms with E-state index in [1.165, 1.54) is 11.3 Å². The first-order valence-corrected chi connectivity index (χ1v) is 11.0. The van der Waals surface area contributed by atoms with Crippen LogP contribution >= 0.6 is 38.9 Å². The summed E-state index contributed by atoms with van der Waals surface area (Å²) in [5.74, 6) is -0.140. The smallest absolute Gasteiger partial charge is 0.162 e. The number of allylic oxidation sites excluding steroid dienone is 3. The van der Waals surface area contributed by atoms with Gasteiger partial charge < -0.3 is 5.73 Å². The van der Waals surface area contributed by atoms with Gasteiger partial charge in [-0.05, 0) is 52.0 Å². The number of carbonyl (C=O) groups excluding carboxylic acids is 1. The van der Waals surface area contributed by atoms with Crippen molar-refractivity contribution in [1.82, 2.24) is 4.98 Å². The van der Waals surface area contributed by atoms with Gasteiger partial charge in [-0.2, -0.15) is 5.26 Å². The van der Waals surface area contributed by atoms with Gasteiger partial charge >= 0.3 is 0 Å². The van der Waals surface area contributed by atoms with Crippen molar-refractivity contribution in [1.29, 1.82) is 5.26 Å². The van der Waals surface area contributed by atoms with Gasteiger partial charge in [0.1, 0.15) is 5.82 Å². The van der Waals surface area contributed by atoms with Gasteiger partial charge in [0, 0.05) is 28.8 Å². The summed E-state index contributed by atoms with van der Waals surface area (Å²) in [4.78, 5) is 20.2. The van der Waals surface area contributed by atoms with Crippen molar-refractivity contribution in [2.75, 3.05) is 4.90 Å². The fourth-order valence-corrected chi connectivity index (χ4v) is 5.84. The minimum absolute atomic E-state index is 0.0380. The number of Topliss-reactive ketones (excluding diaryl/α,β-unsaturated/α-hetero) is 1. The van der Waals surface area contributed by atoms with Crippen molar-refractivity contribution < 1.29 is 4.79 Å². The summed E-state index contributed by atoms with van der Waals surface area (Å²) in [5, 5.41) is 10.3. The second-order valence-electron chi connectivity index (χ2n) is 7.94.